The Bertz CT molecular complexity index is 1040. The van der Waals surface area contributed by atoms with Gasteiger partial charge in [0.25, 0.3) is 0 Å². The summed E-state index contributed by atoms with van der Waals surface area (Å²) in [5.74, 6) is -0.575. The van der Waals surface area contributed by atoms with E-state index in [1.807, 2.05) is 7.05 Å². The molecule has 3 aromatic rings. The number of carboxylic acid groups (broad SMARTS) is 1. The van der Waals surface area contributed by atoms with Gasteiger partial charge in [0.15, 0.2) is 0 Å². The first kappa shape index (κ1) is 15.9. The second-order valence-corrected chi connectivity index (χ2v) is 8.34. The molecule has 2 aliphatic heterocycles. The van der Waals surface area contributed by atoms with Crippen LogP contribution in [0.1, 0.15) is 37.8 Å². The molecule has 0 saturated carbocycles. The van der Waals surface area contributed by atoms with Crippen molar-refractivity contribution in [1.29, 1.82) is 0 Å². The predicted octanol–water partition coefficient (Wildman–Crippen LogP) is 4.30. The van der Waals surface area contributed by atoms with Crippen LogP contribution in [-0.2, 0) is 19.5 Å². The molecule has 2 aliphatic rings. The smallest absolute Gasteiger partial charge is 0.339 e. The summed E-state index contributed by atoms with van der Waals surface area (Å²) in [5, 5.41) is 16.2. The van der Waals surface area contributed by atoms with Crippen molar-refractivity contribution in [2.24, 2.45) is 0 Å². The number of anilines is 1. The number of nitrogens with one attached hydrogen (secondary N) is 1. The molecule has 2 atom stereocenters. The quantitative estimate of drug-likeness (QED) is 0.712. The van der Waals surface area contributed by atoms with E-state index in [-0.39, 0.29) is 5.92 Å². The molecule has 132 valence electrons. The number of carboxylic acids is 1. The highest BCUT2D eigenvalue weighted by molar-refractivity contribution is 7.16. The number of nitrogens with zero attached hydrogens (tertiary/aromatic N) is 1. The third kappa shape index (κ3) is 2.35. The van der Waals surface area contributed by atoms with Crippen LogP contribution < -0.4 is 5.32 Å². The Morgan fingerprint density at radius 2 is 1.92 bits per heavy atom. The Balaban J connectivity index is 1.66. The van der Waals surface area contributed by atoms with E-state index in [0.29, 0.717) is 5.56 Å². The van der Waals surface area contributed by atoms with Gasteiger partial charge in [-0.05, 0) is 39.9 Å². The monoisotopic (exact) mass is 364 g/mol. The Hall–Kier alpha value is -2.37. The zero-order chi connectivity index (χ0) is 17.8. The number of rotatable bonds is 2. The highest BCUT2D eigenvalue weighted by Gasteiger charge is 2.36. The zero-order valence-corrected chi connectivity index (χ0v) is 15.4. The lowest BCUT2D eigenvalue weighted by Gasteiger charge is -2.30. The summed E-state index contributed by atoms with van der Waals surface area (Å²) >= 11 is 1.60. The molecule has 0 fully saturated rings. The lowest BCUT2D eigenvalue weighted by atomic mass is 9.86. The fourth-order valence-corrected chi connectivity index (χ4v) is 5.84. The Kier molecular flexibility index (Phi) is 3.55. The molecule has 2 unspecified atom stereocenters. The van der Waals surface area contributed by atoms with E-state index in [9.17, 15) is 9.90 Å². The van der Waals surface area contributed by atoms with Gasteiger partial charge in [0.05, 0.1) is 5.56 Å². The first-order chi connectivity index (χ1) is 12.6. The third-order valence-electron chi connectivity index (χ3n) is 5.65. The van der Waals surface area contributed by atoms with Crippen molar-refractivity contribution in [3.05, 3.63) is 63.5 Å². The van der Waals surface area contributed by atoms with Crippen LogP contribution in [0.25, 0.3) is 10.8 Å². The maximum Gasteiger partial charge on any atom is 0.339 e. The van der Waals surface area contributed by atoms with E-state index in [1.165, 1.54) is 26.8 Å². The van der Waals surface area contributed by atoms with Crippen LogP contribution in [0.5, 0.6) is 0 Å². The van der Waals surface area contributed by atoms with Gasteiger partial charge in [-0.1, -0.05) is 30.3 Å². The summed E-state index contributed by atoms with van der Waals surface area (Å²) in [6, 6.07) is 13.1. The molecule has 1 aromatic heterocycles. The maximum absolute atomic E-state index is 11.9. The van der Waals surface area contributed by atoms with Crippen LogP contribution in [0.15, 0.2) is 36.4 Å². The highest BCUT2D eigenvalue weighted by atomic mass is 32.1. The van der Waals surface area contributed by atoms with E-state index in [1.54, 1.807) is 11.3 Å². The summed E-state index contributed by atoms with van der Waals surface area (Å²) < 4.78 is 0. The molecule has 0 radical (unpaired) electrons. The summed E-state index contributed by atoms with van der Waals surface area (Å²) in [6.07, 6.45) is 0.907. The summed E-state index contributed by atoms with van der Waals surface area (Å²) in [5.41, 5.74) is 4.29. The van der Waals surface area contributed by atoms with E-state index < -0.39 is 5.97 Å². The molecular weight excluding hydrogens is 344 g/mol. The average Bonchev–Trinajstić information content (AvgIpc) is 2.94. The Morgan fingerprint density at radius 1 is 1.19 bits per heavy atom. The number of carbonyl (C=O) groups is 1. The van der Waals surface area contributed by atoms with Gasteiger partial charge in [-0.2, -0.15) is 0 Å². The lowest BCUT2D eigenvalue weighted by Crippen LogP contribution is -2.31. The minimum Gasteiger partial charge on any atom is -0.478 e. The van der Waals surface area contributed by atoms with E-state index in [0.717, 1.165) is 36.6 Å². The largest absolute Gasteiger partial charge is 0.478 e. The Morgan fingerprint density at radius 3 is 2.62 bits per heavy atom. The van der Waals surface area contributed by atoms with Gasteiger partial charge in [0.1, 0.15) is 5.00 Å². The number of hydrogen-bond donors (Lipinski definition) is 2. The third-order valence-corrected chi connectivity index (χ3v) is 6.85. The number of aromatic carboxylic acids is 1. The van der Waals surface area contributed by atoms with Crippen LogP contribution in [-0.4, -0.2) is 29.6 Å². The molecule has 4 nitrogen and oxygen atoms in total. The Labute approximate surface area is 156 Å². The predicted molar refractivity (Wildman–Crippen MR) is 105 cm³/mol. The molecule has 26 heavy (non-hydrogen) atoms. The van der Waals surface area contributed by atoms with E-state index in [4.69, 9.17) is 0 Å². The number of benzene rings is 2. The summed E-state index contributed by atoms with van der Waals surface area (Å²) in [4.78, 5) is 15.6. The second kappa shape index (κ2) is 5.83. The number of thiophene rings is 1. The van der Waals surface area contributed by atoms with Gasteiger partial charge in [0, 0.05) is 37.5 Å². The van der Waals surface area contributed by atoms with Gasteiger partial charge >= 0.3 is 5.97 Å². The molecule has 0 spiro atoms. The number of hydrogen-bond acceptors (Lipinski definition) is 4. The van der Waals surface area contributed by atoms with Crippen molar-refractivity contribution >= 4 is 33.1 Å². The van der Waals surface area contributed by atoms with Crippen LogP contribution in [0, 0.1) is 0 Å². The zero-order valence-electron chi connectivity index (χ0n) is 14.6. The lowest BCUT2D eigenvalue weighted by molar-refractivity contribution is 0.0695. The molecular formula is C21H20N2O2S. The van der Waals surface area contributed by atoms with Crippen LogP contribution >= 0.6 is 11.3 Å². The fraction of sp³-hybridized carbons (Fsp3) is 0.286. The van der Waals surface area contributed by atoms with Gasteiger partial charge in [0.2, 0.25) is 0 Å². The fourth-order valence-electron chi connectivity index (χ4n) is 4.56. The summed E-state index contributed by atoms with van der Waals surface area (Å²) in [6.45, 7) is 2.70. The number of fused-ring (bicyclic) bond motifs is 6. The van der Waals surface area contributed by atoms with Crippen molar-refractivity contribution in [2.75, 3.05) is 18.9 Å². The van der Waals surface area contributed by atoms with Crippen molar-refractivity contribution in [1.82, 2.24) is 4.90 Å². The van der Waals surface area contributed by atoms with Crippen LogP contribution in [0.3, 0.4) is 0 Å². The SMILES string of the molecule is CNc1sc2c(c1C(=O)O)C1Cc3cc4ccccc4cc3CN(C2)C1. The molecule has 0 amide bonds. The second-order valence-electron chi connectivity index (χ2n) is 7.24. The van der Waals surface area contributed by atoms with E-state index in [2.05, 4.69) is 46.6 Å². The van der Waals surface area contributed by atoms with Gasteiger partial charge in [-0.25, -0.2) is 4.79 Å². The molecule has 2 aromatic carbocycles. The minimum atomic E-state index is -0.816. The highest BCUT2D eigenvalue weighted by Crippen LogP contribution is 2.45. The minimum absolute atomic E-state index is 0.241. The molecule has 0 aliphatic carbocycles. The van der Waals surface area contributed by atoms with E-state index >= 15 is 0 Å². The first-order valence-electron chi connectivity index (χ1n) is 8.93. The molecule has 3 heterocycles. The molecule has 0 saturated heterocycles. The maximum atomic E-state index is 11.9. The molecule has 2 N–H and O–H groups in total. The van der Waals surface area contributed by atoms with Gasteiger partial charge in [-0.3, -0.25) is 4.90 Å². The van der Waals surface area contributed by atoms with Crippen molar-refractivity contribution in [3.63, 3.8) is 0 Å². The summed E-state index contributed by atoms with van der Waals surface area (Å²) in [7, 11) is 1.81. The molecule has 2 bridgehead atoms. The standard InChI is InChI=1S/C21H20N2O2S/c1-22-20-19(21(24)25)18-16-8-14-6-12-4-2-3-5-13(12)7-15(14)9-23(10-16)11-17(18)26-20/h2-7,16,22H,8-11H2,1H3,(H,24,25). The first-order valence-corrected chi connectivity index (χ1v) is 9.75. The van der Waals surface area contributed by atoms with Crippen molar-refractivity contribution < 1.29 is 9.90 Å². The average molecular weight is 364 g/mol. The molecule has 5 heteroatoms. The van der Waals surface area contributed by atoms with Crippen LogP contribution in [0.2, 0.25) is 0 Å². The molecule has 5 rings (SSSR count). The van der Waals surface area contributed by atoms with Crippen molar-refractivity contribution in [3.8, 4) is 0 Å². The topological polar surface area (TPSA) is 52.6 Å². The van der Waals surface area contributed by atoms with Crippen molar-refractivity contribution in [2.45, 2.75) is 25.4 Å². The van der Waals surface area contributed by atoms with Gasteiger partial charge < -0.3 is 10.4 Å². The van der Waals surface area contributed by atoms with Crippen LogP contribution in [0.4, 0.5) is 5.00 Å². The van der Waals surface area contributed by atoms with Gasteiger partial charge in [-0.15, -0.1) is 11.3 Å². The normalized spacial score (nSPS) is 21.0.